The van der Waals surface area contributed by atoms with Crippen LogP contribution in [0.25, 0.3) is 0 Å². The van der Waals surface area contributed by atoms with Crippen LogP contribution in [0.2, 0.25) is 0 Å². The van der Waals surface area contributed by atoms with Gasteiger partial charge < -0.3 is 0 Å². The van der Waals surface area contributed by atoms with Crippen molar-refractivity contribution in [3.8, 4) is 6.07 Å². The van der Waals surface area contributed by atoms with Gasteiger partial charge in [-0.15, -0.1) is 0 Å². The molecular formula is C9H18N2. The monoisotopic (exact) mass is 154 g/mol. The molecule has 0 bridgehead atoms. The molecule has 0 spiro atoms. The lowest BCUT2D eigenvalue weighted by Gasteiger charge is -2.19. The Bertz CT molecular complexity index is 135. The summed E-state index contributed by atoms with van der Waals surface area (Å²) in [5.41, 5.74) is 0. The third kappa shape index (κ3) is 4.80. The Hall–Kier alpha value is -0.550. The predicted octanol–water partition coefficient (Wildman–Crippen LogP) is 1.88. The summed E-state index contributed by atoms with van der Waals surface area (Å²) in [4.78, 5) is 2.08. The van der Waals surface area contributed by atoms with E-state index >= 15 is 0 Å². The largest absolute Gasteiger partial charge is 0.291 e. The summed E-state index contributed by atoms with van der Waals surface area (Å²) in [5.74, 6) is 0.725. The van der Waals surface area contributed by atoms with Crippen LogP contribution in [0.15, 0.2) is 0 Å². The van der Waals surface area contributed by atoms with Crippen molar-refractivity contribution in [1.29, 1.82) is 5.26 Å². The number of hydrogen-bond donors (Lipinski definition) is 0. The zero-order valence-electron chi connectivity index (χ0n) is 7.96. The van der Waals surface area contributed by atoms with Gasteiger partial charge in [-0.1, -0.05) is 13.8 Å². The highest BCUT2D eigenvalue weighted by molar-refractivity contribution is 4.86. The van der Waals surface area contributed by atoms with E-state index in [4.69, 9.17) is 5.26 Å². The molecule has 1 atom stereocenters. The summed E-state index contributed by atoms with van der Waals surface area (Å²) in [6, 6.07) is 2.26. The fraction of sp³-hybridized carbons (Fsp3) is 0.889. The topological polar surface area (TPSA) is 27.0 Å². The van der Waals surface area contributed by atoms with E-state index in [1.54, 1.807) is 0 Å². The van der Waals surface area contributed by atoms with Crippen molar-refractivity contribution in [1.82, 2.24) is 4.90 Å². The molecular weight excluding hydrogens is 136 g/mol. The molecule has 2 heteroatoms. The second-order valence-corrected chi connectivity index (χ2v) is 3.47. The van der Waals surface area contributed by atoms with Crippen LogP contribution in [0.4, 0.5) is 0 Å². The van der Waals surface area contributed by atoms with Gasteiger partial charge in [0.15, 0.2) is 0 Å². The van der Waals surface area contributed by atoms with Gasteiger partial charge in [0.2, 0.25) is 0 Å². The average molecular weight is 154 g/mol. The molecule has 64 valence electrons. The molecule has 2 nitrogen and oxygen atoms in total. The molecule has 0 aromatic rings. The minimum absolute atomic E-state index is 0.0498. The quantitative estimate of drug-likeness (QED) is 0.618. The Kier molecular flexibility index (Phi) is 4.89. The maximum Gasteiger partial charge on any atom is 0.0946 e. The highest BCUT2D eigenvalue weighted by atomic mass is 15.1. The van der Waals surface area contributed by atoms with Gasteiger partial charge in [0.25, 0.3) is 0 Å². The Labute approximate surface area is 69.8 Å². The van der Waals surface area contributed by atoms with Crippen LogP contribution in [-0.2, 0) is 0 Å². The lowest BCUT2D eigenvalue weighted by atomic mass is 10.1. The van der Waals surface area contributed by atoms with E-state index in [2.05, 4.69) is 24.8 Å². The third-order valence-corrected chi connectivity index (χ3v) is 1.91. The molecule has 0 aliphatic heterocycles. The summed E-state index contributed by atoms with van der Waals surface area (Å²) >= 11 is 0. The van der Waals surface area contributed by atoms with Gasteiger partial charge in [-0.05, 0) is 32.9 Å². The molecule has 1 unspecified atom stereocenters. The highest BCUT2D eigenvalue weighted by Crippen LogP contribution is 2.02. The van der Waals surface area contributed by atoms with Crippen molar-refractivity contribution in [3.05, 3.63) is 0 Å². The van der Waals surface area contributed by atoms with E-state index < -0.39 is 0 Å². The fourth-order valence-electron chi connectivity index (χ4n) is 0.754. The molecule has 0 heterocycles. The first-order chi connectivity index (χ1) is 5.07. The Morgan fingerprint density at radius 3 is 2.27 bits per heavy atom. The van der Waals surface area contributed by atoms with Gasteiger partial charge >= 0.3 is 0 Å². The normalized spacial score (nSPS) is 13.5. The summed E-state index contributed by atoms with van der Waals surface area (Å²) in [7, 11) is 2.00. The lowest BCUT2D eigenvalue weighted by Crippen LogP contribution is -2.29. The number of hydrogen-bond acceptors (Lipinski definition) is 2. The summed E-state index contributed by atoms with van der Waals surface area (Å²) in [6.07, 6.45) is 1.17. The number of nitrogens with zero attached hydrogens (tertiary/aromatic N) is 2. The molecule has 0 radical (unpaired) electrons. The fourth-order valence-corrected chi connectivity index (χ4v) is 0.754. The minimum atomic E-state index is 0.0498. The Morgan fingerprint density at radius 2 is 1.91 bits per heavy atom. The van der Waals surface area contributed by atoms with E-state index in [0.29, 0.717) is 0 Å². The third-order valence-electron chi connectivity index (χ3n) is 1.91. The number of rotatable bonds is 4. The molecule has 0 saturated heterocycles. The first kappa shape index (κ1) is 10.4. The molecule has 0 N–H and O–H groups in total. The van der Waals surface area contributed by atoms with Gasteiger partial charge in [-0.2, -0.15) is 5.26 Å². The summed E-state index contributed by atoms with van der Waals surface area (Å²) in [5, 5.41) is 8.58. The van der Waals surface area contributed by atoms with Crippen LogP contribution in [0.1, 0.15) is 27.2 Å². The van der Waals surface area contributed by atoms with Crippen molar-refractivity contribution in [2.24, 2.45) is 5.92 Å². The SMILES string of the molecule is CC(C)CCN(C)C(C)C#N. The van der Waals surface area contributed by atoms with E-state index in [0.717, 1.165) is 12.5 Å². The Morgan fingerprint density at radius 1 is 1.36 bits per heavy atom. The van der Waals surface area contributed by atoms with Crippen molar-refractivity contribution < 1.29 is 0 Å². The van der Waals surface area contributed by atoms with Crippen LogP contribution in [0, 0.1) is 17.2 Å². The molecule has 0 aromatic heterocycles. The predicted molar refractivity (Wildman–Crippen MR) is 47.2 cm³/mol. The molecule has 0 rings (SSSR count). The molecule has 0 amide bonds. The lowest BCUT2D eigenvalue weighted by molar-refractivity contribution is 0.283. The van der Waals surface area contributed by atoms with Crippen LogP contribution in [-0.4, -0.2) is 24.5 Å². The molecule has 11 heavy (non-hydrogen) atoms. The zero-order valence-corrected chi connectivity index (χ0v) is 7.96. The first-order valence-electron chi connectivity index (χ1n) is 4.17. The van der Waals surface area contributed by atoms with Crippen LogP contribution < -0.4 is 0 Å². The smallest absolute Gasteiger partial charge is 0.0946 e. The summed E-state index contributed by atoms with van der Waals surface area (Å²) < 4.78 is 0. The average Bonchev–Trinajstić information content (AvgIpc) is 1.98. The molecule has 0 aliphatic rings. The van der Waals surface area contributed by atoms with Gasteiger partial charge in [-0.3, -0.25) is 4.90 Å². The molecule has 0 saturated carbocycles. The van der Waals surface area contributed by atoms with E-state index in [1.165, 1.54) is 6.42 Å². The van der Waals surface area contributed by atoms with Crippen LogP contribution in [0.3, 0.4) is 0 Å². The Balaban J connectivity index is 3.53. The van der Waals surface area contributed by atoms with E-state index in [-0.39, 0.29) is 6.04 Å². The molecule has 0 aliphatic carbocycles. The second kappa shape index (κ2) is 5.15. The van der Waals surface area contributed by atoms with Crippen molar-refractivity contribution in [2.45, 2.75) is 33.2 Å². The van der Waals surface area contributed by atoms with Gasteiger partial charge in [-0.25, -0.2) is 0 Å². The maximum atomic E-state index is 8.58. The van der Waals surface area contributed by atoms with E-state index in [9.17, 15) is 0 Å². The standard InChI is InChI=1S/C9H18N2/c1-8(2)5-6-11(4)9(3)7-10/h8-9H,5-6H2,1-4H3. The van der Waals surface area contributed by atoms with Crippen molar-refractivity contribution in [2.75, 3.05) is 13.6 Å². The van der Waals surface area contributed by atoms with Crippen LogP contribution >= 0.6 is 0 Å². The van der Waals surface area contributed by atoms with Gasteiger partial charge in [0.05, 0.1) is 12.1 Å². The summed E-state index contributed by atoms with van der Waals surface area (Å²) in [6.45, 7) is 7.35. The van der Waals surface area contributed by atoms with Crippen LogP contribution in [0.5, 0.6) is 0 Å². The highest BCUT2D eigenvalue weighted by Gasteiger charge is 2.06. The van der Waals surface area contributed by atoms with Crippen molar-refractivity contribution >= 4 is 0 Å². The first-order valence-corrected chi connectivity index (χ1v) is 4.17. The van der Waals surface area contributed by atoms with Crippen molar-refractivity contribution in [3.63, 3.8) is 0 Å². The van der Waals surface area contributed by atoms with Gasteiger partial charge in [0, 0.05) is 0 Å². The number of nitriles is 1. The van der Waals surface area contributed by atoms with Gasteiger partial charge in [0.1, 0.15) is 0 Å². The van der Waals surface area contributed by atoms with E-state index in [1.807, 2.05) is 14.0 Å². The molecule has 0 fully saturated rings. The minimum Gasteiger partial charge on any atom is -0.291 e. The second-order valence-electron chi connectivity index (χ2n) is 3.47. The molecule has 0 aromatic carbocycles. The zero-order chi connectivity index (χ0) is 8.85. The maximum absolute atomic E-state index is 8.58.